The number of likely N-dealkylation sites (N-methyl/N-ethyl adjacent to an activating group) is 1. The summed E-state index contributed by atoms with van der Waals surface area (Å²) in [7, 11) is 1.93. The van der Waals surface area contributed by atoms with Gasteiger partial charge in [-0.15, -0.1) is 0 Å². The van der Waals surface area contributed by atoms with Crippen molar-refractivity contribution < 1.29 is 4.39 Å². The average molecular weight is 247 g/mol. The molecule has 0 saturated heterocycles. The van der Waals surface area contributed by atoms with Crippen LogP contribution in [0.1, 0.15) is 12.6 Å². The van der Waals surface area contributed by atoms with Gasteiger partial charge in [-0.25, -0.2) is 4.39 Å². The van der Waals surface area contributed by atoms with Crippen molar-refractivity contribution in [3.8, 4) is 11.3 Å². The van der Waals surface area contributed by atoms with Crippen LogP contribution in [0.4, 0.5) is 4.39 Å². The van der Waals surface area contributed by atoms with E-state index in [-0.39, 0.29) is 5.82 Å². The summed E-state index contributed by atoms with van der Waals surface area (Å²) in [5.74, 6) is -0.211. The molecule has 1 aromatic heterocycles. The van der Waals surface area contributed by atoms with E-state index in [9.17, 15) is 4.39 Å². The minimum absolute atomic E-state index is 0.211. The molecule has 0 amide bonds. The van der Waals surface area contributed by atoms with E-state index in [1.807, 2.05) is 11.7 Å². The lowest BCUT2D eigenvalue weighted by molar-refractivity contribution is 0.627. The molecule has 3 nitrogen and oxygen atoms in total. The van der Waals surface area contributed by atoms with Crippen LogP contribution in [0.15, 0.2) is 30.3 Å². The second-order valence-electron chi connectivity index (χ2n) is 4.20. The Balaban J connectivity index is 2.30. The van der Waals surface area contributed by atoms with E-state index in [0.29, 0.717) is 0 Å². The second kappa shape index (κ2) is 5.78. The van der Waals surface area contributed by atoms with Gasteiger partial charge in [-0.1, -0.05) is 0 Å². The minimum atomic E-state index is -0.211. The number of hydrogen-bond donors (Lipinski definition) is 1. The summed E-state index contributed by atoms with van der Waals surface area (Å²) >= 11 is 0. The van der Waals surface area contributed by atoms with Gasteiger partial charge in [0.2, 0.25) is 0 Å². The van der Waals surface area contributed by atoms with E-state index >= 15 is 0 Å². The van der Waals surface area contributed by atoms with Gasteiger partial charge in [-0.05, 0) is 49.9 Å². The monoisotopic (exact) mass is 247 g/mol. The molecule has 96 valence electrons. The Morgan fingerprint density at radius 3 is 2.61 bits per heavy atom. The molecule has 0 saturated carbocycles. The molecule has 18 heavy (non-hydrogen) atoms. The SMILES string of the molecule is CCn1nc(CCNC)cc1-c1ccc(F)cc1. The third-order valence-electron chi connectivity index (χ3n) is 2.90. The Kier molecular flexibility index (Phi) is 4.10. The molecule has 0 unspecified atom stereocenters. The largest absolute Gasteiger partial charge is 0.319 e. The highest BCUT2D eigenvalue weighted by molar-refractivity contribution is 5.59. The molecule has 2 rings (SSSR count). The van der Waals surface area contributed by atoms with E-state index in [1.165, 1.54) is 12.1 Å². The molecular formula is C14H18FN3. The lowest BCUT2D eigenvalue weighted by Crippen LogP contribution is -2.10. The van der Waals surface area contributed by atoms with Gasteiger partial charge in [-0.2, -0.15) is 5.10 Å². The van der Waals surface area contributed by atoms with Gasteiger partial charge in [0.05, 0.1) is 11.4 Å². The minimum Gasteiger partial charge on any atom is -0.319 e. The lowest BCUT2D eigenvalue weighted by atomic mass is 10.1. The quantitative estimate of drug-likeness (QED) is 0.879. The molecule has 0 atom stereocenters. The first-order valence-corrected chi connectivity index (χ1v) is 6.22. The number of aromatic nitrogens is 2. The van der Waals surface area contributed by atoms with Gasteiger partial charge in [0.1, 0.15) is 5.82 Å². The fraction of sp³-hybridized carbons (Fsp3) is 0.357. The van der Waals surface area contributed by atoms with Gasteiger partial charge in [0.15, 0.2) is 0 Å². The maximum Gasteiger partial charge on any atom is 0.123 e. The first-order chi connectivity index (χ1) is 8.74. The van der Waals surface area contributed by atoms with Crippen molar-refractivity contribution in [2.24, 2.45) is 0 Å². The molecule has 0 fully saturated rings. The fourth-order valence-corrected chi connectivity index (χ4v) is 1.94. The topological polar surface area (TPSA) is 29.9 Å². The summed E-state index contributed by atoms with van der Waals surface area (Å²) in [6.45, 7) is 3.78. The highest BCUT2D eigenvalue weighted by Gasteiger charge is 2.08. The number of nitrogens with one attached hydrogen (secondary N) is 1. The van der Waals surface area contributed by atoms with Crippen molar-refractivity contribution >= 4 is 0 Å². The normalized spacial score (nSPS) is 10.8. The first-order valence-electron chi connectivity index (χ1n) is 6.22. The lowest BCUT2D eigenvalue weighted by Gasteiger charge is -2.03. The number of nitrogens with zero attached hydrogens (tertiary/aromatic N) is 2. The maximum absolute atomic E-state index is 12.9. The molecule has 0 bridgehead atoms. The molecule has 1 aromatic carbocycles. The van der Waals surface area contributed by atoms with Crippen LogP contribution < -0.4 is 5.32 Å². The van der Waals surface area contributed by atoms with Crippen LogP contribution >= 0.6 is 0 Å². The Morgan fingerprint density at radius 2 is 2.00 bits per heavy atom. The number of rotatable bonds is 5. The smallest absolute Gasteiger partial charge is 0.123 e. The van der Waals surface area contributed by atoms with E-state index in [1.54, 1.807) is 12.1 Å². The van der Waals surface area contributed by atoms with E-state index in [0.717, 1.165) is 36.5 Å². The van der Waals surface area contributed by atoms with Crippen LogP contribution in [0.3, 0.4) is 0 Å². The molecule has 2 aromatic rings. The van der Waals surface area contributed by atoms with Gasteiger partial charge in [-0.3, -0.25) is 4.68 Å². The predicted octanol–water partition coefficient (Wildman–Crippen LogP) is 2.47. The molecule has 0 radical (unpaired) electrons. The van der Waals surface area contributed by atoms with Crippen molar-refractivity contribution in [3.05, 3.63) is 41.8 Å². The highest BCUT2D eigenvalue weighted by Crippen LogP contribution is 2.21. The van der Waals surface area contributed by atoms with Crippen LogP contribution in [0.25, 0.3) is 11.3 Å². The number of benzene rings is 1. The third-order valence-corrected chi connectivity index (χ3v) is 2.90. The van der Waals surface area contributed by atoms with Gasteiger partial charge < -0.3 is 5.32 Å². The summed E-state index contributed by atoms with van der Waals surface area (Å²) in [6.07, 6.45) is 0.900. The molecule has 0 aliphatic carbocycles. The number of aryl methyl sites for hydroxylation is 1. The van der Waals surface area contributed by atoms with Crippen molar-refractivity contribution in [2.45, 2.75) is 19.9 Å². The summed E-state index contributed by atoms with van der Waals surface area (Å²) < 4.78 is 14.9. The summed E-state index contributed by atoms with van der Waals surface area (Å²) in [4.78, 5) is 0. The zero-order valence-electron chi connectivity index (χ0n) is 10.8. The molecule has 0 aliphatic heterocycles. The van der Waals surface area contributed by atoms with E-state index in [4.69, 9.17) is 0 Å². The first kappa shape index (κ1) is 12.8. The van der Waals surface area contributed by atoms with E-state index in [2.05, 4.69) is 23.4 Å². The van der Waals surface area contributed by atoms with Crippen LogP contribution in [0, 0.1) is 5.82 Å². The molecule has 0 aliphatic rings. The summed E-state index contributed by atoms with van der Waals surface area (Å²) in [5.41, 5.74) is 3.11. The van der Waals surface area contributed by atoms with Crippen molar-refractivity contribution in [3.63, 3.8) is 0 Å². The van der Waals surface area contributed by atoms with Gasteiger partial charge >= 0.3 is 0 Å². The summed E-state index contributed by atoms with van der Waals surface area (Å²) in [5, 5.41) is 7.66. The highest BCUT2D eigenvalue weighted by atomic mass is 19.1. The van der Waals surface area contributed by atoms with Crippen molar-refractivity contribution in [1.82, 2.24) is 15.1 Å². The Bertz CT molecular complexity index is 502. The Labute approximate surface area is 107 Å². The van der Waals surface area contributed by atoms with Gasteiger partial charge in [0.25, 0.3) is 0 Å². The molecule has 1 N–H and O–H groups in total. The van der Waals surface area contributed by atoms with Crippen LogP contribution in [0.5, 0.6) is 0 Å². The predicted molar refractivity (Wildman–Crippen MR) is 70.9 cm³/mol. The third kappa shape index (κ3) is 2.76. The maximum atomic E-state index is 12.9. The van der Waals surface area contributed by atoms with Crippen molar-refractivity contribution in [2.75, 3.05) is 13.6 Å². The molecular weight excluding hydrogens is 229 g/mol. The van der Waals surface area contributed by atoms with Crippen molar-refractivity contribution in [1.29, 1.82) is 0 Å². The van der Waals surface area contributed by atoms with Crippen LogP contribution in [-0.4, -0.2) is 23.4 Å². The fourth-order valence-electron chi connectivity index (χ4n) is 1.94. The molecule has 1 heterocycles. The standard InChI is InChI=1S/C14H18FN3/c1-3-18-14(10-13(17-18)8-9-16-2)11-4-6-12(15)7-5-11/h4-7,10,16H,3,8-9H2,1-2H3. The summed E-state index contributed by atoms with van der Waals surface area (Å²) in [6, 6.07) is 8.63. The van der Waals surface area contributed by atoms with Crippen LogP contribution in [0.2, 0.25) is 0 Å². The van der Waals surface area contributed by atoms with Crippen LogP contribution in [-0.2, 0) is 13.0 Å². The Morgan fingerprint density at radius 1 is 1.28 bits per heavy atom. The number of hydrogen-bond acceptors (Lipinski definition) is 2. The van der Waals surface area contributed by atoms with E-state index < -0.39 is 0 Å². The van der Waals surface area contributed by atoms with Gasteiger partial charge in [0, 0.05) is 19.5 Å². The number of halogens is 1. The molecule has 0 spiro atoms. The zero-order valence-corrected chi connectivity index (χ0v) is 10.8. The average Bonchev–Trinajstić information content (AvgIpc) is 2.80. The molecule has 4 heteroatoms. The second-order valence-corrected chi connectivity index (χ2v) is 4.20. The zero-order chi connectivity index (χ0) is 13.0. The Hall–Kier alpha value is -1.68.